The molecule has 0 saturated heterocycles. The summed E-state index contributed by atoms with van der Waals surface area (Å²) in [5.41, 5.74) is -0.220. The minimum atomic E-state index is -0.852. The molecule has 0 unspecified atom stereocenters. The normalized spacial score (nSPS) is 12.1. The van der Waals surface area contributed by atoms with Crippen LogP contribution in [0.25, 0.3) is 10.9 Å². The maximum absolute atomic E-state index is 12.6. The van der Waals surface area contributed by atoms with Gasteiger partial charge in [-0.2, -0.15) is 5.10 Å². The third kappa shape index (κ3) is 4.85. The second kappa shape index (κ2) is 9.61. The maximum atomic E-state index is 12.6. The first kappa shape index (κ1) is 22.3. The molecule has 0 saturated carbocycles. The molecule has 1 heterocycles. The second-order valence-corrected chi connectivity index (χ2v) is 7.24. The third-order valence-electron chi connectivity index (χ3n) is 4.27. The molecule has 0 aliphatic carbocycles. The van der Waals surface area contributed by atoms with Crippen molar-refractivity contribution >= 4 is 39.0 Å². The second-order valence-electron chi connectivity index (χ2n) is 6.38. The highest BCUT2D eigenvalue weighted by atomic mass is 79.9. The van der Waals surface area contributed by atoms with E-state index in [1.807, 2.05) is 0 Å². The molecule has 0 spiro atoms. The van der Waals surface area contributed by atoms with Crippen LogP contribution >= 0.6 is 15.9 Å². The van der Waals surface area contributed by atoms with Crippen LogP contribution < -0.4 is 20.7 Å². The van der Waals surface area contributed by atoms with Crippen LogP contribution in [0.1, 0.15) is 19.4 Å². The van der Waals surface area contributed by atoms with Gasteiger partial charge in [0.2, 0.25) is 0 Å². The molecular formula is C21H20BrN3O6. The van der Waals surface area contributed by atoms with E-state index in [0.717, 1.165) is 4.68 Å². The quantitative estimate of drug-likeness (QED) is 0.403. The van der Waals surface area contributed by atoms with E-state index in [-0.39, 0.29) is 0 Å². The number of benzene rings is 2. The number of hydrogen-bond acceptors (Lipinski definition) is 7. The molecule has 0 bridgehead atoms. The number of H-pyrrole nitrogens is 1. The first-order valence-electron chi connectivity index (χ1n) is 9.35. The van der Waals surface area contributed by atoms with Crippen LogP contribution in [0.3, 0.4) is 0 Å². The smallest absolute Gasteiger partial charge is 0.349 e. The highest BCUT2D eigenvalue weighted by molar-refractivity contribution is 9.10. The monoisotopic (exact) mass is 489 g/mol. The van der Waals surface area contributed by atoms with Crippen molar-refractivity contribution < 1.29 is 19.0 Å². The average Bonchev–Trinajstić information content (AvgIpc) is 2.75. The van der Waals surface area contributed by atoms with Crippen LogP contribution in [0.2, 0.25) is 0 Å². The van der Waals surface area contributed by atoms with Gasteiger partial charge in [-0.3, -0.25) is 4.79 Å². The van der Waals surface area contributed by atoms with E-state index >= 15 is 0 Å². The Bertz CT molecular complexity index is 1260. The van der Waals surface area contributed by atoms with E-state index in [2.05, 4.69) is 30.8 Å². The van der Waals surface area contributed by atoms with Crippen molar-refractivity contribution in [3.8, 4) is 11.5 Å². The van der Waals surface area contributed by atoms with E-state index < -0.39 is 23.3 Å². The lowest BCUT2D eigenvalue weighted by Crippen LogP contribution is -2.32. The summed E-state index contributed by atoms with van der Waals surface area (Å²) >= 11 is 3.40. The summed E-state index contributed by atoms with van der Waals surface area (Å²) in [4.78, 5) is 39.2. The Morgan fingerprint density at radius 1 is 1.29 bits per heavy atom. The van der Waals surface area contributed by atoms with Crippen LogP contribution in [-0.4, -0.2) is 41.7 Å². The lowest BCUT2D eigenvalue weighted by Gasteiger charge is -2.17. The molecule has 10 heteroatoms. The first-order chi connectivity index (χ1) is 14.8. The molecule has 9 nitrogen and oxygen atoms in total. The number of halogens is 1. The van der Waals surface area contributed by atoms with E-state index in [1.54, 1.807) is 50.2 Å². The van der Waals surface area contributed by atoms with Gasteiger partial charge in [0.1, 0.15) is 0 Å². The number of esters is 1. The van der Waals surface area contributed by atoms with E-state index in [9.17, 15) is 14.4 Å². The number of aromatic nitrogens is 2. The Morgan fingerprint density at radius 2 is 2.03 bits per heavy atom. The van der Waals surface area contributed by atoms with Crippen molar-refractivity contribution in [2.24, 2.45) is 5.10 Å². The third-order valence-corrected chi connectivity index (χ3v) is 4.85. The molecule has 31 heavy (non-hydrogen) atoms. The standard InChI is InChI=1S/C21H20BrN3O6/c1-4-30-17-10-13(9-15(22)18(17)31-12(2)20(27)29-3)11-23-25-19(26)14-7-5-6-8-16(14)24-21(25)28/h5-12H,4H2,1-3H3,(H,24,28)/t12-/m0/s1. The molecule has 1 atom stereocenters. The van der Waals surface area contributed by atoms with Gasteiger partial charge in [0.05, 0.1) is 35.3 Å². The molecule has 0 fully saturated rings. The van der Waals surface area contributed by atoms with Gasteiger partial charge in [0.25, 0.3) is 5.56 Å². The van der Waals surface area contributed by atoms with Gasteiger partial charge in [0.15, 0.2) is 17.6 Å². The SMILES string of the molecule is CCOc1cc(C=Nn2c(=O)[nH]c3ccccc3c2=O)cc(Br)c1O[C@@H](C)C(=O)OC. The van der Waals surface area contributed by atoms with Gasteiger partial charge in [0, 0.05) is 0 Å². The Labute approximate surface area is 185 Å². The molecule has 162 valence electrons. The number of aromatic amines is 1. The largest absolute Gasteiger partial charge is 0.490 e. The number of rotatable bonds is 7. The summed E-state index contributed by atoms with van der Waals surface area (Å²) in [5, 5.41) is 4.39. The predicted molar refractivity (Wildman–Crippen MR) is 119 cm³/mol. The van der Waals surface area contributed by atoms with Crippen molar-refractivity contribution in [1.29, 1.82) is 0 Å². The van der Waals surface area contributed by atoms with E-state index in [1.165, 1.54) is 13.3 Å². The van der Waals surface area contributed by atoms with Crippen LogP contribution in [0, 0.1) is 0 Å². The number of methoxy groups -OCH3 is 1. The minimum Gasteiger partial charge on any atom is -0.490 e. The Hall–Kier alpha value is -3.40. The zero-order valence-electron chi connectivity index (χ0n) is 17.0. The fraction of sp³-hybridized carbons (Fsp3) is 0.238. The number of hydrogen-bond donors (Lipinski definition) is 1. The van der Waals surface area contributed by atoms with Crippen molar-refractivity contribution in [2.45, 2.75) is 20.0 Å². The van der Waals surface area contributed by atoms with Crippen LogP contribution in [0.4, 0.5) is 0 Å². The van der Waals surface area contributed by atoms with E-state index in [0.29, 0.717) is 39.0 Å². The molecule has 0 aliphatic rings. The predicted octanol–water partition coefficient (Wildman–Crippen LogP) is 2.67. The molecule has 0 amide bonds. The highest BCUT2D eigenvalue weighted by Crippen LogP contribution is 2.37. The fourth-order valence-electron chi connectivity index (χ4n) is 2.81. The number of carbonyl (C=O) groups excluding carboxylic acids is 1. The van der Waals surface area contributed by atoms with Gasteiger partial charge in [-0.15, -0.1) is 4.68 Å². The number of ether oxygens (including phenoxy) is 3. The average molecular weight is 490 g/mol. The van der Waals surface area contributed by atoms with Crippen LogP contribution in [-0.2, 0) is 9.53 Å². The lowest BCUT2D eigenvalue weighted by molar-refractivity contribution is -0.147. The molecule has 3 rings (SSSR count). The van der Waals surface area contributed by atoms with Gasteiger partial charge in [-0.25, -0.2) is 9.59 Å². The summed E-state index contributed by atoms with van der Waals surface area (Å²) in [6, 6.07) is 9.96. The molecule has 0 aliphatic heterocycles. The molecule has 1 aromatic heterocycles. The summed E-state index contributed by atoms with van der Waals surface area (Å²) < 4.78 is 17.2. The van der Waals surface area contributed by atoms with Crippen LogP contribution in [0.15, 0.2) is 55.6 Å². The van der Waals surface area contributed by atoms with Crippen molar-refractivity contribution in [1.82, 2.24) is 9.66 Å². The highest BCUT2D eigenvalue weighted by Gasteiger charge is 2.20. The van der Waals surface area contributed by atoms with Gasteiger partial charge < -0.3 is 19.2 Å². The number of carbonyl (C=O) groups is 1. The minimum absolute atomic E-state index is 0.317. The zero-order valence-corrected chi connectivity index (χ0v) is 18.6. The number of nitrogens with one attached hydrogen (secondary N) is 1. The zero-order chi connectivity index (χ0) is 22.5. The van der Waals surface area contributed by atoms with Crippen molar-refractivity contribution in [2.75, 3.05) is 13.7 Å². The molecule has 3 aromatic rings. The first-order valence-corrected chi connectivity index (χ1v) is 10.1. The summed E-state index contributed by atoms with van der Waals surface area (Å²) in [5.74, 6) is 0.140. The Kier molecular flexibility index (Phi) is 6.91. The number of para-hydroxylation sites is 1. The molecule has 2 aromatic carbocycles. The summed E-state index contributed by atoms with van der Waals surface area (Å²) in [6.07, 6.45) is 0.501. The molecule has 1 N–H and O–H groups in total. The maximum Gasteiger partial charge on any atom is 0.349 e. The molecular weight excluding hydrogens is 470 g/mol. The molecule has 0 radical (unpaired) electrons. The Balaban J connectivity index is 2.00. The van der Waals surface area contributed by atoms with Gasteiger partial charge in [-0.05, 0) is 59.6 Å². The van der Waals surface area contributed by atoms with E-state index in [4.69, 9.17) is 9.47 Å². The van der Waals surface area contributed by atoms with Crippen molar-refractivity contribution in [3.05, 3.63) is 67.3 Å². The number of fused-ring (bicyclic) bond motifs is 1. The summed E-state index contributed by atoms with van der Waals surface area (Å²) in [7, 11) is 1.27. The van der Waals surface area contributed by atoms with Crippen LogP contribution in [0.5, 0.6) is 11.5 Å². The summed E-state index contributed by atoms with van der Waals surface area (Å²) in [6.45, 7) is 3.71. The van der Waals surface area contributed by atoms with Gasteiger partial charge in [-0.1, -0.05) is 12.1 Å². The Morgan fingerprint density at radius 3 is 2.74 bits per heavy atom. The van der Waals surface area contributed by atoms with Crippen molar-refractivity contribution in [3.63, 3.8) is 0 Å². The topological polar surface area (TPSA) is 112 Å². The number of nitrogens with zero attached hydrogens (tertiary/aromatic N) is 2. The van der Waals surface area contributed by atoms with Gasteiger partial charge >= 0.3 is 11.7 Å². The lowest BCUT2D eigenvalue weighted by atomic mass is 10.2. The fourth-order valence-corrected chi connectivity index (χ4v) is 3.37.